The van der Waals surface area contributed by atoms with E-state index >= 15 is 0 Å². The van der Waals surface area contributed by atoms with Crippen LogP contribution in [0.25, 0.3) is 0 Å². The summed E-state index contributed by atoms with van der Waals surface area (Å²) in [6, 6.07) is 11.7. The van der Waals surface area contributed by atoms with Crippen LogP contribution in [0, 0.1) is 5.82 Å². The molecule has 0 aliphatic carbocycles. The summed E-state index contributed by atoms with van der Waals surface area (Å²) in [5.74, 6) is -0.188. The molecule has 1 aromatic carbocycles. The van der Waals surface area contributed by atoms with Crippen molar-refractivity contribution in [3.05, 3.63) is 71.3 Å². The summed E-state index contributed by atoms with van der Waals surface area (Å²) in [6.07, 6.45) is 2.06. The zero-order valence-corrected chi connectivity index (χ0v) is 18.1. The van der Waals surface area contributed by atoms with Gasteiger partial charge in [0, 0.05) is 31.6 Å². The molecule has 2 atom stereocenters. The summed E-state index contributed by atoms with van der Waals surface area (Å²) in [5, 5.41) is 16.4. The number of carbonyl (C=O) groups is 1. The van der Waals surface area contributed by atoms with E-state index in [2.05, 4.69) is 20.4 Å². The summed E-state index contributed by atoms with van der Waals surface area (Å²) in [5.41, 5.74) is 1.53. The van der Waals surface area contributed by atoms with E-state index in [1.165, 1.54) is 12.1 Å². The Morgan fingerprint density at radius 3 is 2.78 bits per heavy atom. The maximum Gasteiger partial charge on any atom is 0.303 e. The van der Waals surface area contributed by atoms with Gasteiger partial charge in [0.05, 0.1) is 6.42 Å². The van der Waals surface area contributed by atoms with Crippen LogP contribution in [-0.4, -0.2) is 39.5 Å². The second-order valence-electron chi connectivity index (χ2n) is 7.55. The van der Waals surface area contributed by atoms with Gasteiger partial charge >= 0.3 is 5.97 Å². The second kappa shape index (κ2) is 11.3. The van der Waals surface area contributed by atoms with Gasteiger partial charge in [-0.3, -0.25) is 4.79 Å². The smallest absolute Gasteiger partial charge is 0.303 e. The monoisotopic (exact) mass is 442 g/mol. The molecule has 0 spiro atoms. The second-order valence-corrected chi connectivity index (χ2v) is 7.55. The average Bonchev–Trinajstić information content (AvgIpc) is 3.20. The van der Waals surface area contributed by atoms with E-state index in [0.717, 1.165) is 24.4 Å². The molecule has 3 aromatic rings. The summed E-state index contributed by atoms with van der Waals surface area (Å²) < 4.78 is 24.1. The molecule has 2 unspecified atom stereocenters. The van der Waals surface area contributed by atoms with Crippen molar-refractivity contribution >= 4 is 11.8 Å². The Morgan fingerprint density at radius 1 is 1.22 bits per heavy atom. The Labute approximate surface area is 185 Å². The molecular formula is C23H27FN4O4. The molecule has 8 nitrogen and oxygen atoms in total. The van der Waals surface area contributed by atoms with Gasteiger partial charge in [-0.1, -0.05) is 23.4 Å². The van der Waals surface area contributed by atoms with Crippen molar-refractivity contribution in [1.29, 1.82) is 0 Å². The first-order chi connectivity index (χ1) is 15.4. The number of pyridine rings is 1. The number of hydrogen-bond donors (Lipinski definition) is 2. The van der Waals surface area contributed by atoms with Crippen molar-refractivity contribution in [3.63, 3.8) is 0 Å². The maximum atomic E-state index is 13.6. The number of carboxylic acid groups (broad SMARTS) is 1. The number of benzene rings is 1. The highest BCUT2D eigenvalue weighted by atomic mass is 19.1. The minimum Gasteiger partial charge on any atom is -0.481 e. The van der Waals surface area contributed by atoms with Gasteiger partial charge in [0.1, 0.15) is 17.9 Å². The van der Waals surface area contributed by atoms with Gasteiger partial charge in [-0.2, -0.15) is 4.98 Å². The normalized spacial score (nSPS) is 13.0. The van der Waals surface area contributed by atoms with E-state index < -0.39 is 17.7 Å². The molecule has 2 heterocycles. The first-order valence-corrected chi connectivity index (χ1v) is 10.5. The lowest BCUT2D eigenvalue weighted by Gasteiger charge is -2.13. The molecule has 3 rings (SSSR count). The van der Waals surface area contributed by atoms with Crippen LogP contribution in [0.3, 0.4) is 0 Å². The molecule has 0 bridgehead atoms. The Bertz CT molecular complexity index is 1030. The van der Waals surface area contributed by atoms with E-state index in [9.17, 15) is 14.3 Å². The summed E-state index contributed by atoms with van der Waals surface area (Å²) in [6.45, 7) is 1.90. The highest BCUT2D eigenvalue weighted by Crippen LogP contribution is 2.25. The van der Waals surface area contributed by atoms with E-state index in [0.29, 0.717) is 23.7 Å². The number of halogens is 1. The third-order valence-corrected chi connectivity index (χ3v) is 5.02. The summed E-state index contributed by atoms with van der Waals surface area (Å²) in [7, 11) is 1.63. The number of ether oxygens (including phenoxy) is 1. The van der Waals surface area contributed by atoms with Crippen molar-refractivity contribution in [3.8, 4) is 0 Å². The molecule has 2 aromatic heterocycles. The van der Waals surface area contributed by atoms with Crippen molar-refractivity contribution in [1.82, 2.24) is 15.1 Å². The van der Waals surface area contributed by atoms with E-state index in [1.807, 2.05) is 25.1 Å². The highest BCUT2D eigenvalue weighted by molar-refractivity contribution is 5.68. The number of methoxy groups -OCH3 is 1. The van der Waals surface area contributed by atoms with Gasteiger partial charge in [-0.15, -0.1) is 0 Å². The van der Waals surface area contributed by atoms with Crippen LogP contribution in [0.5, 0.6) is 0 Å². The van der Waals surface area contributed by atoms with Crippen molar-refractivity contribution < 1.29 is 23.6 Å². The van der Waals surface area contributed by atoms with E-state index in [-0.39, 0.29) is 19.1 Å². The lowest BCUT2D eigenvalue weighted by atomic mass is 9.92. The predicted molar refractivity (Wildman–Crippen MR) is 116 cm³/mol. The molecule has 0 radical (unpaired) electrons. The topological polar surface area (TPSA) is 110 Å². The van der Waals surface area contributed by atoms with Crippen LogP contribution < -0.4 is 5.32 Å². The Morgan fingerprint density at radius 2 is 2.03 bits per heavy atom. The summed E-state index contributed by atoms with van der Waals surface area (Å²) >= 11 is 0. The largest absolute Gasteiger partial charge is 0.481 e. The van der Waals surface area contributed by atoms with Gasteiger partial charge in [-0.25, -0.2) is 9.37 Å². The lowest BCUT2D eigenvalue weighted by Crippen LogP contribution is -2.17. The van der Waals surface area contributed by atoms with Crippen molar-refractivity contribution in [2.75, 3.05) is 12.4 Å². The molecule has 0 saturated carbocycles. The maximum absolute atomic E-state index is 13.6. The van der Waals surface area contributed by atoms with Gasteiger partial charge in [0.15, 0.2) is 5.82 Å². The first kappa shape index (κ1) is 23.3. The van der Waals surface area contributed by atoms with Crippen molar-refractivity contribution in [2.45, 2.75) is 51.2 Å². The molecule has 2 N–H and O–H groups in total. The lowest BCUT2D eigenvalue weighted by molar-refractivity contribution is -0.137. The number of aryl methyl sites for hydroxylation is 2. The molecule has 0 aliphatic heterocycles. The molecule has 0 saturated heterocycles. The van der Waals surface area contributed by atoms with Crippen LogP contribution in [0.15, 0.2) is 47.0 Å². The minimum atomic E-state index is -0.969. The molecule has 0 amide bonds. The number of carboxylic acids is 1. The average molecular weight is 442 g/mol. The van der Waals surface area contributed by atoms with Gasteiger partial charge in [0.2, 0.25) is 5.89 Å². The zero-order valence-electron chi connectivity index (χ0n) is 18.1. The number of aromatic nitrogens is 3. The van der Waals surface area contributed by atoms with Crippen LogP contribution in [-0.2, 0) is 28.8 Å². The number of nitrogens with one attached hydrogen (secondary N) is 1. The fourth-order valence-corrected chi connectivity index (χ4v) is 3.36. The van der Waals surface area contributed by atoms with E-state index in [4.69, 9.17) is 9.26 Å². The molecular weight excluding hydrogens is 415 g/mol. The quantitative estimate of drug-likeness (QED) is 0.405. The van der Waals surface area contributed by atoms with Gasteiger partial charge in [0.25, 0.3) is 0 Å². The summed E-state index contributed by atoms with van der Waals surface area (Å²) in [4.78, 5) is 20.2. The highest BCUT2D eigenvalue weighted by Gasteiger charge is 2.20. The number of anilines is 1. The minimum absolute atomic E-state index is 0.132. The molecule has 0 aliphatic rings. The number of nitrogens with zero attached hydrogens (tertiary/aromatic N) is 3. The van der Waals surface area contributed by atoms with Crippen LogP contribution >= 0.6 is 0 Å². The first-order valence-electron chi connectivity index (χ1n) is 10.5. The molecule has 32 heavy (non-hydrogen) atoms. The van der Waals surface area contributed by atoms with Crippen LogP contribution in [0.2, 0.25) is 0 Å². The Balaban J connectivity index is 1.56. The zero-order chi connectivity index (χ0) is 22.9. The fraction of sp³-hybridized carbons (Fsp3) is 0.391. The fourth-order valence-electron chi connectivity index (χ4n) is 3.36. The van der Waals surface area contributed by atoms with E-state index in [1.54, 1.807) is 19.2 Å². The Kier molecular flexibility index (Phi) is 8.27. The standard InChI is InChI=1S/C23H27FN4O4/c1-15(31-2)25-20-10-4-8-19(26-20)9-5-11-21-27-22(32-28-21)13-17(14-23(29)30)16-6-3-7-18(24)12-16/h3-4,6-8,10,12,15,17H,5,9,11,13-14H2,1-2H3,(H,25,26)(H,29,30). The third kappa shape index (κ3) is 7.12. The van der Waals surface area contributed by atoms with Crippen LogP contribution in [0.1, 0.15) is 48.7 Å². The molecule has 0 fully saturated rings. The SMILES string of the molecule is COC(C)Nc1cccc(CCCc2noc(CC(CC(=O)O)c3cccc(F)c3)n2)n1. The predicted octanol–water partition coefficient (Wildman–Crippen LogP) is 3.98. The number of hydrogen-bond acceptors (Lipinski definition) is 7. The van der Waals surface area contributed by atoms with Crippen molar-refractivity contribution in [2.24, 2.45) is 0 Å². The van der Waals surface area contributed by atoms with Gasteiger partial charge in [-0.05, 0) is 49.6 Å². The van der Waals surface area contributed by atoms with Crippen LogP contribution in [0.4, 0.5) is 10.2 Å². The molecule has 9 heteroatoms. The number of rotatable bonds is 12. The molecule has 170 valence electrons. The Hall–Kier alpha value is -3.33. The third-order valence-electron chi connectivity index (χ3n) is 5.02. The number of aliphatic carboxylic acids is 1. The van der Waals surface area contributed by atoms with Gasteiger partial charge < -0.3 is 19.7 Å².